The van der Waals surface area contributed by atoms with E-state index in [1.807, 2.05) is 0 Å². The molecule has 0 aromatic heterocycles. The molecule has 2 aliphatic carbocycles. The van der Waals surface area contributed by atoms with E-state index in [1.54, 1.807) is 11.1 Å². The van der Waals surface area contributed by atoms with Crippen LogP contribution in [0.25, 0.3) is 0 Å². The Balaban J connectivity index is 0.000000269. The number of rotatable bonds is 4. The van der Waals surface area contributed by atoms with Gasteiger partial charge >= 0.3 is 99.2 Å². The van der Waals surface area contributed by atoms with E-state index in [0.29, 0.717) is 11.8 Å². The van der Waals surface area contributed by atoms with Gasteiger partial charge in [0.15, 0.2) is 0 Å². The van der Waals surface area contributed by atoms with Crippen molar-refractivity contribution in [1.82, 2.24) is 0 Å². The Kier molecular flexibility index (Phi) is 15.6. The molecule has 5 rings (SSSR count). The van der Waals surface area contributed by atoms with E-state index in [0.717, 1.165) is 6.42 Å². The summed E-state index contributed by atoms with van der Waals surface area (Å²) in [7, 11) is 0. The van der Waals surface area contributed by atoms with Gasteiger partial charge in [-0.1, -0.05) is 65.2 Å². The molecule has 2 aliphatic rings. The fraction of sp³-hybridized carbons (Fsp3) is 0.333. The third-order valence-corrected chi connectivity index (χ3v) is 7.82. The van der Waals surface area contributed by atoms with Crippen LogP contribution < -0.4 is 24.8 Å². The van der Waals surface area contributed by atoms with E-state index in [9.17, 15) is 0 Å². The summed E-state index contributed by atoms with van der Waals surface area (Å²) in [6.45, 7) is 8.98. The van der Waals surface area contributed by atoms with Gasteiger partial charge in [-0.2, -0.15) is 34.9 Å². The molecule has 0 spiro atoms. The van der Waals surface area contributed by atoms with Crippen LogP contribution in [0.1, 0.15) is 69.2 Å². The number of hydrogen-bond donors (Lipinski definition) is 0. The third kappa shape index (κ3) is 9.81. The van der Waals surface area contributed by atoms with Crippen molar-refractivity contribution in [2.45, 2.75) is 59.8 Å². The van der Waals surface area contributed by atoms with Crippen molar-refractivity contribution in [3.05, 3.63) is 124 Å². The monoisotopic (exact) mass is 594 g/mol. The minimum absolute atomic E-state index is 0. The van der Waals surface area contributed by atoms with Crippen molar-refractivity contribution in [1.29, 1.82) is 0 Å². The van der Waals surface area contributed by atoms with Gasteiger partial charge in [-0.05, 0) is 0 Å². The molecule has 3 aromatic rings. The molecular formula is C33H38Cl2Zr-2. The third-order valence-electron chi connectivity index (χ3n) is 6.40. The molecule has 0 amide bonds. The minimum atomic E-state index is 0. The Morgan fingerprint density at radius 2 is 1.33 bits per heavy atom. The molecule has 0 saturated heterocycles. The Morgan fingerprint density at radius 1 is 0.778 bits per heavy atom. The number of hydrogen-bond acceptors (Lipinski definition) is 0. The summed E-state index contributed by atoms with van der Waals surface area (Å²) in [5.41, 5.74) is 8.82. The molecule has 0 atom stereocenters. The molecule has 3 heteroatoms. The molecule has 0 aliphatic heterocycles. The van der Waals surface area contributed by atoms with Crippen molar-refractivity contribution < 1.29 is 49.0 Å². The summed E-state index contributed by atoms with van der Waals surface area (Å²) in [6, 6.07) is 27.8. The number of allylic oxidation sites excluding steroid dienone is 4. The van der Waals surface area contributed by atoms with Gasteiger partial charge in [-0.25, -0.2) is 11.6 Å². The van der Waals surface area contributed by atoms with E-state index < -0.39 is 0 Å². The zero-order valence-corrected chi connectivity index (χ0v) is 26.0. The first-order valence-corrected chi connectivity index (χ1v) is 13.9. The van der Waals surface area contributed by atoms with Gasteiger partial charge in [0.05, 0.1) is 0 Å². The second-order valence-electron chi connectivity index (χ2n) is 9.65. The first-order chi connectivity index (χ1) is 16.5. The maximum atomic E-state index is 3.41. The van der Waals surface area contributed by atoms with Crippen LogP contribution in [-0.2, 0) is 37.1 Å². The predicted octanol–water partition coefficient (Wildman–Crippen LogP) is 2.45. The van der Waals surface area contributed by atoms with E-state index in [2.05, 4.69) is 119 Å². The van der Waals surface area contributed by atoms with Crippen LogP contribution in [0.2, 0.25) is 0 Å². The smallest absolute Gasteiger partial charge is 0.0512 e. The van der Waals surface area contributed by atoms with Gasteiger partial charge in [0.1, 0.15) is 0 Å². The standard InChI is InChI=1S/C13H10.C11H17.C9H11.2ClH.Zr/c1-3-7-12(8-4-1)11-13-9-5-2-6-10-13;1-8(2)10-6-5-7-11(10)9(3)4;1-2-5-9-7-3-6-8(9)4-1;;;/h1-10H;6,8-9H,5H2,1-4H3;3,6-7H,1-2,4-5H2;2*1H;/q;2*-1;;;+2/p-2. The van der Waals surface area contributed by atoms with E-state index in [4.69, 9.17) is 0 Å². The zero-order valence-electron chi connectivity index (χ0n) is 22.0. The SMILES string of the molecule is CC(C)C1=[C-]CC=C1C(C)C.[Cl-].[Cl-].[Zr+2]=[C](c1ccccc1)c1ccccc1.c1cc2c([cH-]1)CCCC2. The van der Waals surface area contributed by atoms with Crippen LogP contribution >= 0.6 is 0 Å². The van der Waals surface area contributed by atoms with Gasteiger partial charge in [0.2, 0.25) is 0 Å². The van der Waals surface area contributed by atoms with Crippen LogP contribution in [0.5, 0.6) is 0 Å². The van der Waals surface area contributed by atoms with Gasteiger partial charge < -0.3 is 24.8 Å². The van der Waals surface area contributed by atoms with Crippen molar-refractivity contribution in [2.24, 2.45) is 11.8 Å². The molecular weight excluding hydrogens is 558 g/mol. The fourth-order valence-electron chi connectivity index (χ4n) is 4.56. The van der Waals surface area contributed by atoms with Crippen LogP contribution in [0.3, 0.4) is 0 Å². The normalized spacial score (nSPS) is 13.6. The van der Waals surface area contributed by atoms with E-state index in [-0.39, 0.29) is 24.8 Å². The van der Waals surface area contributed by atoms with Crippen LogP contribution in [-0.4, -0.2) is 3.21 Å². The quantitative estimate of drug-likeness (QED) is 0.406. The molecule has 36 heavy (non-hydrogen) atoms. The number of fused-ring (bicyclic) bond motifs is 1. The molecule has 0 bridgehead atoms. The average Bonchev–Trinajstić information content (AvgIpc) is 3.56. The maximum absolute atomic E-state index is 3.41. The van der Waals surface area contributed by atoms with Crippen LogP contribution in [0, 0.1) is 17.9 Å². The molecule has 190 valence electrons. The molecule has 3 aromatic carbocycles. The van der Waals surface area contributed by atoms with Crippen LogP contribution in [0.15, 0.2) is 96.1 Å². The Morgan fingerprint density at radius 3 is 1.81 bits per heavy atom. The molecule has 0 fully saturated rings. The molecule has 0 N–H and O–H groups in total. The summed E-state index contributed by atoms with van der Waals surface area (Å²) in [5.74, 6) is 1.31. The van der Waals surface area contributed by atoms with Crippen molar-refractivity contribution in [3.63, 3.8) is 0 Å². The number of aryl methyl sites for hydroxylation is 2. The van der Waals surface area contributed by atoms with Gasteiger partial charge in [-0.3, -0.25) is 6.08 Å². The fourth-order valence-corrected chi connectivity index (χ4v) is 5.38. The summed E-state index contributed by atoms with van der Waals surface area (Å²) >= 11 is 1.46. The Labute approximate surface area is 246 Å². The molecule has 0 nitrogen and oxygen atoms in total. The molecule has 0 saturated carbocycles. The maximum Gasteiger partial charge on any atom is -0.0512 e. The predicted molar refractivity (Wildman–Crippen MR) is 144 cm³/mol. The van der Waals surface area contributed by atoms with Crippen molar-refractivity contribution in [2.75, 3.05) is 0 Å². The largest absolute Gasteiger partial charge is 0.210 e. The first kappa shape index (κ1) is 32.6. The van der Waals surface area contributed by atoms with Crippen molar-refractivity contribution >= 4 is 3.21 Å². The van der Waals surface area contributed by atoms with Crippen molar-refractivity contribution in [3.8, 4) is 0 Å². The second kappa shape index (κ2) is 17.2. The van der Waals surface area contributed by atoms with E-state index >= 15 is 0 Å². The average molecular weight is 597 g/mol. The Hall–Kier alpha value is -1.40. The summed E-state index contributed by atoms with van der Waals surface area (Å²) in [6.07, 6.45) is 12.2. The second-order valence-corrected chi connectivity index (χ2v) is 10.9. The first-order valence-electron chi connectivity index (χ1n) is 12.7. The number of halogens is 2. The molecule has 0 heterocycles. The Bertz CT molecular complexity index is 1000. The molecule has 0 unspecified atom stereocenters. The summed E-state index contributed by atoms with van der Waals surface area (Å²) in [5, 5.41) is 0. The van der Waals surface area contributed by atoms with Gasteiger partial charge in [-0.15, -0.1) is 6.42 Å². The van der Waals surface area contributed by atoms with Crippen LogP contribution in [0.4, 0.5) is 0 Å². The van der Waals surface area contributed by atoms with E-state index in [1.165, 1.54) is 75.4 Å². The number of benzene rings is 2. The summed E-state index contributed by atoms with van der Waals surface area (Å²) < 4.78 is 1.42. The van der Waals surface area contributed by atoms with Gasteiger partial charge in [0, 0.05) is 0 Å². The molecule has 0 radical (unpaired) electrons. The van der Waals surface area contributed by atoms with Gasteiger partial charge in [0.25, 0.3) is 0 Å². The zero-order chi connectivity index (χ0) is 24.3. The topological polar surface area (TPSA) is 0 Å². The minimum Gasteiger partial charge on any atom is -0.210 e. The summed E-state index contributed by atoms with van der Waals surface area (Å²) in [4.78, 5) is 0.